The maximum absolute atomic E-state index is 13.6. The highest BCUT2D eigenvalue weighted by molar-refractivity contribution is 14.0. The molecule has 0 bridgehead atoms. The number of ether oxygens (including phenoxy) is 1. The summed E-state index contributed by atoms with van der Waals surface area (Å²) in [5, 5.41) is 6.48. The van der Waals surface area contributed by atoms with Crippen LogP contribution in [0.15, 0.2) is 39.7 Å². The molecule has 1 heterocycles. The molecule has 0 spiro atoms. The van der Waals surface area contributed by atoms with Gasteiger partial charge in [0.15, 0.2) is 5.96 Å². The average Bonchev–Trinajstić information content (AvgIpc) is 3.00. The molecule has 138 valence electrons. The van der Waals surface area contributed by atoms with E-state index in [1.54, 1.807) is 26.3 Å². The Morgan fingerprint density at radius 3 is 2.68 bits per heavy atom. The maximum Gasteiger partial charge on any atom is 0.191 e. The molecule has 2 rings (SSSR count). The van der Waals surface area contributed by atoms with Crippen molar-refractivity contribution in [2.75, 3.05) is 14.2 Å². The first kappa shape index (κ1) is 21.4. The molecule has 1 atom stereocenters. The molecule has 0 amide bonds. The number of nitrogens with zero attached hydrogens (tertiary/aromatic N) is 1. The van der Waals surface area contributed by atoms with Gasteiger partial charge in [0.2, 0.25) is 0 Å². The number of aryl methyl sites for hydroxylation is 1. The van der Waals surface area contributed by atoms with Crippen LogP contribution in [0.5, 0.6) is 0 Å². The Hall–Kier alpha value is -1.61. The second-order valence-corrected chi connectivity index (χ2v) is 5.60. The molecule has 5 nitrogen and oxygen atoms in total. The van der Waals surface area contributed by atoms with E-state index >= 15 is 0 Å². The topological polar surface area (TPSA) is 58.8 Å². The maximum atomic E-state index is 13.6. The Morgan fingerprint density at radius 1 is 1.32 bits per heavy atom. The zero-order valence-electron chi connectivity index (χ0n) is 14.9. The quantitative estimate of drug-likeness (QED) is 0.389. The third kappa shape index (κ3) is 6.32. The molecule has 25 heavy (non-hydrogen) atoms. The zero-order chi connectivity index (χ0) is 17.5. The van der Waals surface area contributed by atoms with Crippen LogP contribution in [-0.4, -0.2) is 20.1 Å². The second-order valence-electron chi connectivity index (χ2n) is 5.60. The molecule has 0 fully saturated rings. The van der Waals surface area contributed by atoms with Gasteiger partial charge in [0.25, 0.3) is 0 Å². The summed E-state index contributed by atoms with van der Waals surface area (Å²) in [5.41, 5.74) is 1.49. The van der Waals surface area contributed by atoms with Gasteiger partial charge in [-0.25, -0.2) is 4.39 Å². The summed E-state index contributed by atoms with van der Waals surface area (Å²) < 4.78 is 24.3. The van der Waals surface area contributed by atoms with Crippen molar-refractivity contribution < 1.29 is 13.5 Å². The molecule has 0 saturated carbocycles. The van der Waals surface area contributed by atoms with Gasteiger partial charge in [-0.3, -0.25) is 4.99 Å². The van der Waals surface area contributed by atoms with E-state index in [1.165, 1.54) is 6.07 Å². The number of hydrogen-bond acceptors (Lipinski definition) is 3. The van der Waals surface area contributed by atoms with Gasteiger partial charge in [0.1, 0.15) is 17.3 Å². The first-order chi connectivity index (χ1) is 11.5. The Morgan fingerprint density at radius 2 is 2.08 bits per heavy atom. The van der Waals surface area contributed by atoms with E-state index in [1.807, 2.05) is 26.0 Å². The lowest BCUT2D eigenvalue weighted by Gasteiger charge is -2.16. The average molecular weight is 461 g/mol. The first-order valence-electron chi connectivity index (χ1n) is 7.83. The lowest BCUT2D eigenvalue weighted by atomic mass is 10.1. The predicted octanol–water partition coefficient (Wildman–Crippen LogP) is 3.92. The van der Waals surface area contributed by atoms with Crippen molar-refractivity contribution in [3.63, 3.8) is 0 Å². The summed E-state index contributed by atoms with van der Waals surface area (Å²) in [4.78, 5) is 4.21. The fourth-order valence-electron chi connectivity index (χ4n) is 2.35. The van der Waals surface area contributed by atoms with Gasteiger partial charge in [-0.05, 0) is 43.7 Å². The molecule has 0 aliphatic heterocycles. The predicted molar refractivity (Wildman–Crippen MR) is 108 cm³/mol. The number of methoxy groups -OCH3 is 1. The summed E-state index contributed by atoms with van der Waals surface area (Å²) in [5.74, 6) is 2.11. The standard InChI is InChI=1S/C18H24FN3O2.HI/c1-12-5-8-17(24-12)13(2)22-18(20-3)21-10-14-6-7-16(19)15(9-14)11-23-4;/h5-9,13H,10-11H2,1-4H3,(H2,20,21,22);1H. The monoisotopic (exact) mass is 461 g/mol. The highest BCUT2D eigenvalue weighted by atomic mass is 127. The number of guanidine groups is 1. The van der Waals surface area contributed by atoms with Crippen molar-refractivity contribution in [2.24, 2.45) is 4.99 Å². The van der Waals surface area contributed by atoms with Gasteiger partial charge in [0, 0.05) is 26.3 Å². The SMILES string of the molecule is CN=C(NCc1ccc(F)c(COC)c1)NC(C)c1ccc(C)o1.I. The van der Waals surface area contributed by atoms with Crippen molar-refractivity contribution in [3.05, 3.63) is 58.8 Å². The lowest BCUT2D eigenvalue weighted by molar-refractivity contribution is 0.181. The second kappa shape index (κ2) is 10.4. The van der Waals surface area contributed by atoms with E-state index in [0.717, 1.165) is 17.1 Å². The number of rotatable bonds is 6. The fourth-order valence-corrected chi connectivity index (χ4v) is 2.35. The molecule has 0 aliphatic rings. The number of halogens is 2. The van der Waals surface area contributed by atoms with Crippen molar-refractivity contribution in [1.29, 1.82) is 0 Å². The summed E-state index contributed by atoms with van der Waals surface area (Å²) >= 11 is 0. The summed E-state index contributed by atoms with van der Waals surface area (Å²) in [6.07, 6.45) is 0. The summed E-state index contributed by atoms with van der Waals surface area (Å²) in [7, 11) is 3.25. The van der Waals surface area contributed by atoms with Crippen LogP contribution in [0.25, 0.3) is 0 Å². The van der Waals surface area contributed by atoms with Crippen molar-refractivity contribution in [3.8, 4) is 0 Å². The number of benzene rings is 1. The van der Waals surface area contributed by atoms with Crippen LogP contribution in [0, 0.1) is 12.7 Å². The third-order valence-electron chi connectivity index (χ3n) is 3.63. The normalized spacial score (nSPS) is 12.4. The summed E-state index contributed by atoms with van der Waals surface area (Å²) in [6, 6.07) is 8.85. The van der Waals surface area contributed by atoms with Crippen molar-refractivity contribution >= 4 is 29.9 Å². The van der Waals surface area contributed by atoms with Gasteiger partial charge in [-0.2, -0.15) is 0 Å². The molecule has 7 heteroatoms. The van der Waals surface area contributed by atoms with E-state index in [2.05, 4.69) is 15.6 Å². The minimum atomic E-state index is -0.259. The minimum absolute atomic E-state index is 0. The molecule has 2 N–H and O–H groups in total. The minimum Gasteiger partial charge on any atom is -0.464 e. The summed E-state index contributed by atoms with van der Waals surface area (Å²) in [6.45, 7) is 4.69. The molecule has 0 radical (unpaired) electrons. The Bertz CT molecular complexity index is 703. The van der Waals surface area contributed by atoms with Gasteiger partial charge in [-0.1, -0.05) is 6.07 Å². The Labute approximate surface area is 165 Å². The van der Waals surface area contributed by atoms with Crippen LogP contribution < -0.4 is 10.6 Å². The highest BCUT2D eigenvalue weighted by Crippen LogP contribution is 2.15. The first-order valence-corrected chi connectivity index (χ1v) is 7.83. The zero-order valence-corrected chi connectivity index (χ0v) is 17.3. The Kier molecular flexibility index (Phi) is 8.91. The van der Waals surface area contributed by atoms with E-state index in [-0.39, 0.29) is 42.4 Å². The van der Waals surface area contributed by atoms with E-state index in [0.29, 0.717) is 18.1 Å². The number of hydrogen-bond donors (Lipinski definition) is 2. The van der Waals surface area contributed by atoms with Crippen LogP contribution in [0.3, 0.4) is 0 Å². The van der Waals surface area contributed by atoms with Crippen LogP contribution in [-0.2, 0) is 17.9 Å². The largest absolute Gasteiger partial charge is 0.464 e. The highest BCUT2D eigenvalue weighted by Gasteiger charge is 2.11. The molecular weight excluding hydrogens is 436 g/mol. The molecule has 2 aromatic rings. The van der Waals surface area contributed by atoms with Gasteiger partial charge in [0.05, 0.1) is 12.6 Å². The molecule has 0 aliphatic carbocycles. The fraction of sp³-hybridized carbons (Fsp3) is 0.389. The number of furan rings is 1. The lowest BCUT2D eigenvalue weighted by Crippen LogP contribution is -2.38. The van der Waals surface area contributed by atoms with Gasteiger partial charge < -0.3 is 19.8 Å². The van der Waals surface area contributed by atoms with Crippen LogP contribution in [0.1, 0.15) is 35.6 Å². The number of nitrogens with one attached hydrogen (secondary N) is 2. The van der Waals surface area contributed by atoms with E-state index in [9.17, 15) is 4.39 Å². The number of aliphatic imine (C=N–C) groups is 1. The van der Waals surface area contributed by atoms with Crippen LogP contribution >= 0.6 is 24.0 Å². The molecule has 0 saturated heterocycles. The Balaban J connectivity index is 0.00000312. The van der Waals surface area contributed by atoms with Crippen LogP contribution in [0.4, 0.5) is 4.39 Å². The van der Waals surface area contributed by atoms with Crippen molar-refractivity contribution in [2.45, 2.75) is 33.0 Å². The van der Waals surface area contributed by atoms with Crippen molar-refractivity contribution in [1.82, 2.24) is 10.6 Å². The molecular formula is C18H25FIN3O2. The van der Waals surface area contributed by atoms with Gasteiger partial charge in [-0.15, -0.1) is 24.0 Å². The van der Waals surface area contributed by atoms with Gasteiger partial charge >= 0.3 is 0 Å². The molecule has 1 unspecified atom stereocenters. The molecule has 1 aromatic carbocycles. The van der Waals surface area contributed by atoms with E-state index in [4.69, 9.17) is 9.15 Å². The third-order valence-corrected chi connectivity index (χ3v) is 3.63. The smallest absolute Gasteiger partial charge is 0.191 e. The van der Waals surface area contributed by atoms with Crippen LogP contribution in [0.2, 0.25) is 0 Å². The molecule has 1 aromatic heterocycles. The van der Waals surface area contributed by atoms with E-state index < -0.39 is 0 Å².